The number of aromatic nitrogens is 2. The van der Waals surface area contributed by atoms with Gasteiger partial charge < -0.3 is 18.9 Å². The first-order valence-electron chi connectivity index (χ1n) is 23.9. The predicted octanol–water partition coefficient (Wildman–Crippen LogP) is 15.3. The first-order chi connectivity index (χ1) is 32.1. The highest BCUT2D eigenvalue weighted by atomic mass is 35.5. The average molecular weight is 956 g/mol. The molecule has 0 spiro atoms. The van der Waals surface area contributed by atoms with Crippen LogP contribution in [0.5, 0.6) is 0 Å². The van der Waals surface area contributed by atoms with Crippen LogP contribution < -0.4 is 10.4 Å². The fraction of sp³-hybridized carbons (Fsp3) is 0.276. The van der Waals surface area contributed by atoms with E-state index in [4.69, 9.17) is 40.5 Å². The van der Waals surface area contributed by atoms with Crippen molar-refractivity contribution in [3.8, 4) is 22.5 Å². The SMILES string of the molecule is CC(C)CB(O)O.Cc1cc(-c2cc([Si](C)(C)C)c3ccc(CC(C)C)cc3n2)c2oc3ccccc3c2c1.Cc1cc(-c2cc([Si](C)(C)C)c3ccc(Cl)cc3n2)c2oc3ccccc3c2c1. The highest BCUT2D eigenvalue weighted by molar-refractivity contribution is 6.91. The van der Waals surface area contributed by atoms with E-state index >= 15 is 0 Å². The van der Waals surface area contributed by atoms with Gasteiger partial charge in [0.25, 0.3) is 0 Å². The summed E-state index contributed by atoms with van der Waals surface area (Å²) in [5.74, 6) is 0.999. The third-order valence-electron chi connectivity index (χ3n) is 12.4. The molecule has 0 amide bonds. The topological polar surface area (TPSA) is 92.5 Å². The maximum absolute atomic E-state index is 8.28. The van der Waals surface area contributed by atoms with E-state index in [1.807, 2.05) is 50.2 Å². The summed E-state index contributed by atoms with van der Waals surface area (Å²) in [4.78, 5) is 10.2. The standard InChI is InChI=1S/C29H31NOSi.C25H22ClNOSi.C4H11BO2/c1-18(2)13-20-11-12-22-25(16-20)30-26(17-28(22)32(4,5)6)24-15-19(3)14-23-21-9-7-8-10-27(21)31-29(23)24;1-15-11-19-17-7-5-6-8-23(17)28-25(19)20(12-15)22-14-24(29(2,3)4)18-10-9-16(26)13-21(18)27-22;1-4(2)3-5(6)7/h7-12,14-18H,13H2,1-6H3;5-14H,1-4H3;4,6-7H,3H2,1-2H3. The van der Waals surface area contributed by atoms with Gasteiger partial charge in [0.1, 0.15) is 22.3 Å². The molecule has 6 aromatic carbocycles. The maximum Gasteiger partial charge on any atom is 0.451 e. The molecule has 0 radical (unpaired) electrons. The van der Waals surface area contributed by atoms with Gasteiger partial charge in [-0.1, -0.05) is 133 Å². The van der Waals surface area contributed by atoms with E-state index in [0.717, 1.165) is 78.5 Å². The Labute approximate surface area is 408 Å². The van der Waals surface area contributed by atoms with Crippen LogP contribution in [-0.2, 0) is 6.42 Å². The summed E-state index contributed by atoms with van der Waals surface area (Å²) >= 11 is 6.31. The number of halogens is 1. The molecule has 0 saturated carbocycles. The van der Waals surface area contributed by atoms with Crippen molar-refractivity contribution in [2.24, 2.45) is 11.8 Å². The Morgan fingerprint density at radius 2 is 0.985 bits per heavy atom. The number of hydrogen-bond acceptors (Lipinski definition) is 6. The number of aryl methyl sites for hydroxylation is 2. The zero-order chi connectivity index (χ0) is 48.8. The number of furan rings is 2. The first-order valence-corrected chi connectivity index (χ1v) is 31.3. The molecule has 6 nitrogen and oxygen atoms in total. The smallest absolute Gasteiger partial charge is 0.451 e. The number of fused-ring (bicyclic) bond motifs is 8. The Bertz CT molecular complexity index is 3470. The lowest BCUT2D eigenvalue weighted by molar-refractivity contribution is 0.394. The minimum Gasteiger partial charge on any atom is -0.455 e. The summed E-state index contributed by atoms with van der Waals surface area (Å²) in [6, 6.07) is 42.9. The summed E-state index contributed by atoms with van der Waals surface area (Å²) in [7, 11) is -4.33. The molecule has 10 aromatic rings. The van der Waals surface area contributed by atoms with Crippen molar-refractivity contribution < 1.29 is 18.9 Å². The van der Waals surface area contributed by atoms with Crippen LogP contribution in [-0.4, -0.2) is 43.3 Å². The fourth-order valence-corrected chi connectivity index (χ4v) is 12.7. The van der Waals surface area contributed by atoms with E-state index in [1.54, 1.807) is 0 Å². The molecule has 0 atom stereocenters. The maximum atomic E-state index is 8.28. The molecule has 2 N–H and O–H groups in total. The van der Waals surface area contributed by atoms with Crippen LogP contribution in [0.25, 0.3) is 88.2 Å². The molecule has 0 aliphatic carbocycles. The lowest BCUT2D eigenvalue weighted by Crippen LogP contribution is -2.38. The summed E-state index contributed by atoms with van der Waals surface area (Å²) in [5, 5.41) is 27.2. The largest absolute Gasteiger partial charge is 0.455 e. The van der Waals surface area contributed by atoms with Gasteiger partial charge in [0.15, 0.2) is 0 Å². The summed E-state index contributed by atoms with van der Waals surface area (Å²) in [6.45, 7) is 27.1. The quantitative estimate of drug-likeness (QED) is 0.147. The summed E-state index contributed by atoms with van der Waals surface area (Å²) in [6.07, 6.45) is 1.54. The van der Waals surface area contributed by atoms with Gasteiger partial charge in [-0.25, -0.2) is 9.97 Å². The van der Waals surface area contributed by atoms with Gasteiger partial charge in [-0.05, 0) is 143 Å². The van der Waals surface area contributed by atoms with Gasteiger partial charge in [-0.3, -0.25) is 0 Å². The molecule has 4 heterocycles. The van der Waals surface area contributed by atoms with Crippen molar-refractivity contribution in [2.75, 3.05) is 0 Å². The van der Waals surface area contributed by atoms with Crippen molar-refractivity contribution in [3.63, 3.8) is 0 Å². The number of rotatable bonds is 8. The molecule has 0 bridgehead atoms. The van der Waals surface area contributed by atoms with Crippen molar-refractivity contribution in [3.05, 3.63) is 143 Å². The molecule has 0 fully saturated rings. The molecule has 10 heteroatoms. The van der Waals surface area contributed by atoms with E-state index in [-0.39, 0.29) is 0 Å². The van der Waals surface area contributed by atoms with E-state index in [1.165, 1.54) is 43.2 Å². The van der Waals surface area contributed by atoms with Gasteiger partial charge in [-0.15, -0.1) is 0 Å². The Balaban J connectivity index is 0.000000162. The second kappa shape index (κ2) is 19.4. The monoisotopic (exact) mass is 954 g/mol. The molecule has 10 rings (SSSR count). The van der Waals surface area contributed by atoms with Crippen LogP contribution in [0.1, 0.15) is 44.4 Å². The van der Waals surface area contributed by atoms with E-state index in [2.05, 4.69) is 152 Å². The van der Waals surface area contributed by atoms with Gasteiger partial charge in [-0.2, -0.15) is 0 Å². The second-order valence-electron chi connectivity index (χ2n) is 21.4. The van der Waals surface area contributed by atoms with Crippen LogP contribution in [0.3, 0.4) is 0 Å². The summed E-state index contributed by atoms with van der Waals surface area (Å²) in [5.41, 5.74) is 13.6. The number of hydrogen-bond donors (Lipinski definition) is 2. The van der Waals surface area contributed by atoms with Gasteiger partial charge in [0, 0.05) is 37.7 Å². The predicted molar refractivity (Wildman–Crippen MR) is 298 cm³/mol. The average Bonchev–Trinajstić information content (AvgIpc) is 3.82. The fourth-order valence-electron chi connectivity index (χ4n) is 9.34. The van der Waals surface area contributed by atoms with Crippen LogP contribution in [0.4, 0.5) is 0 Å². The molecule has 0 unspecified atom stereocenters. The van der Waals surface area contributed by atoms with Crippen molar-refractivity contribution in [2.45, 2.75) is 93.6 Å². The normalized spacial score (nSPS) is 12.1. The van der Waals surface area contributed by atoms with E-state index < -0.39 is 23.3 Å². The second-order valence-corrected chi connectivity index (χ2v) is 31.9. The Morgan fingerprint density at radius 1 is 0.529 bits per heavy atom. The van der Waals surface area contributed by atoms with Crippen LogP contribution in [0.2, 0.25) is 50.6 Å². The van der Waals surface area contributed by atoms with Gasteiger partial charge in [0.2, 0.25) is 0 Å². The molecule has 348 valence electrons. The minimum absolute atomic E-state index is 0.375. The van der Waals surface area contributed by atoms with E-state index in [9.17, 15) is 0 Å². The Hall–Kier alpha value is -5.55. The van der Waals surface area contributed by atoms with Crippen LogP contribution in [0, 0.1) is 25.7 Å². The highest BCUT2D eigenvalue weighted by Gasteiger charge is 2.25. The van der Waals surface area contributed by atoms with Crippen molar-refractivity contribution >= 4 is 111 Å². The highest BCUT2D eigenvalue weighted by Crippen LogP contribution is 2.39. The number of para-hydroxylation sites is 2. The lowest BCUT2D eigenvalue weighted by Gasteiger charge is -2.21. The molecule has 4 aromatic heterocycles. The third-order valence-corrected chi connectivity index (χ3v) is 16.7. The Morgan fingerprint density at radius 3 is 1.41 bits per heavy atom. The molecule has 0 aliphatic rings. The minimum atomic E-state index is -1.61. The molecule has 68 heavy (non-hydrogen) atoms. The van der Waals surface area contributed by atoms with Crippen molar-refractivity contribution in [1.82, 2.24) is 9.97 Å². The van der Waals surface area contributed by atoms with Gasteiger partial charge >= 0.3 is 7.12 Å². The van der Waals surface area contributed by atoms with Crippen LogP contribution >= 0.6 is 11.6 Å². The zero-order valence-corrected chi connectivity index (χ0v) is 44.4. The summed E-state index contributed by atoms with van der Waals surface area (Å²) < 4.78 is 12.7. The lowest BCUT2D eigenvalue weighted by atomic mass is 9.80. The van der Waals surface area contributed by atoms with Crippen molar-refractivity contribution in [1.29, 1.82) is 0 Å². The Kier molecular flexibility index (Phi) is 14.0. The third kappa shape index (κ3) is 10.5. The number of nitrogens with zero attached hydrogens (tertiary/aromatic N) is 2. The molecular formula is C58H64BClN2O4Si2. The molecule has 0 saturated heterocycles. The number of pyridine rings is 2. The zero-order valence-electron chi connectivity index (χ0n) is 41.7. The van der Waals surface area contributed by atoms with Gasteiger partial charge in [0.05, 0.1) is 38.6 Å². The van der Waals surface area contributed by atoms with Crippen LogP contribution in [0.15, 0.2) is 130 Å². The first kappa shape index (κ1) is 48.9. The molecular weight excluding hydrogens is 891 g/mol. The van der Waals surface area contributed by atoms with E-state index in [0.29, 0.717) is 23.2 Å². The number of benzene rings is 6. The molecule has 0 aliphatic heterocycles.